The van der Waals surface area contributed by atoms with Gasteiger partial charge in [0.25, 0.3) is 5.91 Å². The van der Waals surface area contributed by atoms with Crippen LogP contribution in [0, 0.1) is 5.92 Å². The molecular weight excluding hydrogens is 519 g/mol. The molecule has 0 heterocycles. The summed E-state index contributed by atoms with van der Waals surface area (Å²) in [6, 6.07) is 19.8. The van der Waals surface area contributed by atoms with Gasteiger partial charge in [0.15, 0.2) is 0 Å². The fourth-order valence-corrected chi connectivity index (χ4v) is 5.15. The molecule has 0 aliphatic heterocycles. The zero-order chi connectivity index (χ0) is 28.7. The molecule has 0 spiro atoms. The van der Waals surface area contributed by atoms with E-state index >= 15 is 0 Å². The molecule has 1 fully saturated rings. The summed E-state index contributed by atoms with van der Waals surface area (Å²) >= 11 is 0. The molecular formula is C32H34F3NO4. The third-order valence-corrected chi connectivity index (χ3v) is 7.49. The summed E-state index contributed by atoms with van der Waals surface area (Å²) in [6.45, 7) is 0.123. The number of carboxylic acids is 1. The zero-order valence-corrected chi connectivity index (χ0v) is 22.5. The van der Waals surface area contributed by atoms with Gasteiger partial charge in [0, 0.05) is 19.2 Å². The van der Waals surface area contributed by atoms with Crippen molar-refractivity contribution in [2.75, 3.05) is 13.6 Å². The van der Waals surface area contributed by atoms with E-state index in [0.29, 0.717) is 22.8 Å². The first-order chi connectivity index (χ1) is 19.1. The van der Waals surface area contributed by atoms with Crippen molar-refractivity contribution in [3.05, 3.63) is 89.5 Å². The molecule has 1 aliphatic rings. The minimum Gasteiger partial charge on any atom is -0.486 e. The van der Waals surface area contributed by atoms with E-state index in [1.165, 1.54) is 36.3 Å². The normalized spacial score (nSPS) is 14.9. The van der Waals surface area contributed by atoms with E-state index in [4.69, 9.17) is 9.84 Å². The van der Waals surface area contributed by atoms with Gasteiger partial charge >= 0.3 is 12.1 Å². The number of benzene rings is 3. The van der Waals surface area contributed by atoms with Crippen LogP contribution < -0.4 is 4.74 Å². The second-order valence-electron chi connectivity index (χ2n) is 10.4. The quantitative estimate of drug-likeness (QED) is 0.276. The number of carbonyl (C=O) groups excluding carboxylic acids is 1. The van der Waals surface area contributed by atoms with Gasteiger partial charge in [0.05, 0.1) is 12.0 Å². The second kappa shape index (κ2) is 13.0. The molecule has 5 nitrogen and oxygen atoms in total. The SMILES string of the molecule is CN(CCC(=O)O)C(=O)c1ccc(O[C@H](CC2CCCCC2)c2ccc(-c3ccc(C(F)(F)F)cc3)cc2)cc1. The molecule has 1 N–H and O–H groups in total. The highest BCUT2D eigenvalue weighted by molar-refractivity contribution is 5.94. The average Bonchev–Trinajstić information content (AvgIpc) is 2.96. The first-order valence-corrected chi connectivity index (χ1v) is 13.6. The number of carbonyl (C=O) groups is 2. The number of carboxylic acid groups (broad SMARTS) is 1. The van der Waals surface area contributed by atoms with E-state index < -0.39 is 17.7 Å². The van der Waals surface area contributed by atoms with Crippen molar-refractivity contribution in [2.24, 2.45) is 5.92 Å². The number of amides is 1. The Kier molecular flexibility index (Phi) is 9.50. The van der Waals surface area contributed by atoms with Crippen LogP contribution in [0.1, 0.15) is 72.5 Å². The van der Waals surface area contributed by atoms with Gasteiger partial charge in [-0.1, -0.05) is 68.5 Å². The maximum absolute atomic E-state index is 12.9. The molecule has 1 atom stereocenters. The highest BCUT2D eigenvalue weighted by Gasteiger charge is 2.30. The number of aliphatic carboxylic acids is 1. The summed E-state index contributed by atoms with van der Waals surface area (Å²) in [6.07, 6.45) is 2.10. The highest BCUT2D eigenvalue weighted by atomic mass is 19.4. The van der Waals surface area contributed by atoms with E-state index in [0.717, 1.165) is 42.5 Å². The van der Waals surface area contributed by atoms with Crippen molar-refractivity contribution in [3.8, 4) is 16.9 Å². The van der Waals surface area contributed by atoms with Crippen molar-refractivity contribution in [2.45, 2.75) is 57.2 Å². The Labute approximate surface area is 232 Å². The number of ether oxygens (including phenoxy) is 1. The molecule has 1 aliphatic carbocycles. The Hall–Kier alpha value is -3.81. The van der Waals surface area contributed by atoms with E-state index in [9.17, 15) is 22.8 Å². The predicted octanol–water partition coefficient (Wildman–Crippen LogP) is 8.01. The summed E-state index contributed by atoms with van der Waals surface area (Å²) in [7, 11) is 1.57. The third kappa shape index (κ3) is 7.87. The number of rotatable bonds is 10. The molecule has 1 saturated carbocycles. The molecule has 1 amide bonds. The Balaban J connectivity index is 1.49. The van der Waals surface area contributed by atoms with Crippen LogP contribution in [-0.2, 0) is 11.0 Å². The minimum absolute atomic E-state index is 0.121. The molecule has 0 unspecified atom stereocenters. The monoisotopic (exact) mass is 553 g/mol. The largest absolute Gasteiger partial charge is 0.486 e. The van der Waals surface area contributed by atoms with Gasteiger partial charge in [-0.15, -0.1) is 0 Å². The van der Waals surface area contributed by atoms with Gasteiger partial charge in [0.1, 0.15) is 11.9 Å². The second-order valence-corrected chi connectivity index (χ2v) is 10.4. The lowest BCUT2D eigenvalue weighted by molar-refractivity contribution is -0.138. The zero-order valence-electron chi connectivity index (χ0n) is 22.5. The molecule has 212 valence electrons. The van der Waals surface area contributed by atoms with Crippen molar-refractivity contribution in [3.63, 3.8) is 0 Å². The van der Waals surface area contributed by atoms with Crippen molar-refractivity contribution < 1.29 is 32.6 Å². The van der Waals surface area contributed by atoms with Crippen LogP contribution in [0.5, 0.6) is 5.75 Å². The van der Waals surface area contributed by atoms with E-state index in [2.05, 4.69) is 0 Å². The Morgan fingerprint density at radius 1 is 0.900 bits per heavy atom. The number of hydrogen-bond acceptors (Lipinski definition) is 3. The van der Waals surface area contributed by atoms with Crippen LogP contribution in [0.3, 0.4) is 0 Å². The van der Waals surface area contributed by atoms with Gasteiger partial charge in [-0.05, 0) is 65.4 Å². The van der Waals surface area contributed by atoms with Crippen LogP contribution in [0.25, 0.3) is 11.1 Å². The summed E-state index contributed by atoms with van der Waals surface area (Å²) in [5, 5.41) is 8.86. The number of hydrogen-bond donors (Lipinski definition) is 1. The summed E-state index contributed by atoms with van der Waals surface area (Å²) < 4.78 is 45.3. The van der Waals surface area contributed by atoms with Gasteiger partial charge in [0.2, 0.25) is 0 Å². The van der Waals surface area contributed by atoms with E-state index in [1.807, 2.05) is 24.3 Å². The highest BCUT2D eigenvalue weighted by Crippen LogP contribution is 2.36. The summed E-state index contributed by atoms with van der Waals surface area (Å²) in [5.74, 6) is -0.0559. The maximum atomic E-state index is 12.9. The van der Waals surface area contributed by atoms with Crippen LogP contribution >= 0.6 is 0 Å². The molecule has 3 aromatic rings. The first-order valence-electron chi connectivity index (χ1n) is 13.6. The lowest BCUT2D eigenvalue weighted by Gasteiger charge is -2.27. The summed E-state index contributed by atoms with van der Waals surface area (Å²) in [4.78, 5) is 24.8. The lowest BCUT2D eigenvalue weighted by Crippen LogP contribution is -2.28. The molecule has 0 aromatic heterocycles. The van der Waals surface area contributed by atoms with Crippen molar-refractivity contribution in [1.29, 1.82) is 0 Å². The molecule has 40 heavy (non-hydrogen) atoms. The number of alkyl halides is 3. The lowest BCUT2D eigenvalue weighted by atomic mass is 9.84. The van der Waals surface area contributed by atoms with Crippen LogP contribution in [-0.4, -0.2) is 35.5 Å². The van der Waals surface area contributed by atoms with Crippen molar-refractivity contribution >= 4 is 11.9 Å². The van der Waals surface area contributed by atoms with Crippen LogP contribution in [0.15, 0.2) is 72.8 Å². The topological polar surface area (TPSA) is 66.8 Å². The van der Waals surface area contributed by atoms with Crippen molar-refractivity contribution in [1.82, 2.24) is 4.90 Å². The molecule has 4 rings (SSSR count). The fourth-order valence-electron chi connectivity index (χ4n) is 5.15. The third-order valence-electron chi connectivity index (χ3n) is 7.49. The molecule has 0 bridgehead atoms. The van der Waals surface area contributed by atoms with Gasteiger partial charge in [-0.25, -0.2) is 0 Å². The molecule has 0 radical (unpaired) electrons. The Morgan fingerprint density at radius 3 is 2.02 bits per heavy atom. The van der Waals surface area contributed by atoms with Gasteiger partial charge < -0.3 is 14.7 Å². The Bertz CT molecular complexity index is 1270. The summed E-state index contributed by atoms with van der Waals surface area (Å²) in [5.41, 5.74) is 2.29. The Morgan fingerprint density at radius 2 is 1.48 bits per heavy atom. The molecule has 8 heteroatoms. The fraction of sp³-hybridized carbons (Fsp3) is 0.375. The standard InChI is InChI=1S/C32H34F3NO4/c1-36(20-19-30(37)38)31(39)26-13-17-28(18-14-26)40-29(21-22-5-3-2-4-6-22)25-9-7-23(8-10-25)24-11-15-27(16-12-24)32(33,34)35/h7-18,22,29H,2-6,19-21H2,1H3,(H,37,38)/t29-/m1/s1. The number of nitrogens with zero attached hydrogens (tertiary/aromatic N) is 1. The average molecular weight is 554 g/mol. The maximum Gasteiger partial charge on any atom is 0.416 e. The van der Waals surface area contributed by atoms with E-state index in [1.54, 1.807) is 31.3 Å². The molecule has 0 saturated heterocycles. The van der Waals surface area contributed by atoms with E-state index in [-0.39, 0.29) is 25.0 Å². The first kappa shape index (κ1) is 29.2. The van der Waals surface area contributed by atoms with Crippen LogP contribution in [0.2, 0.25) is 0 Å². The molecule has 3 aromatic carbocycles. The van der Waals surface area contributed by atoms with Gasteiger partial charge in [-0.2, -0.15) is 13.2 Å². The predicted molar refractivity (Wildman–Crippen MR) is 147 cm³/mol. The smallest absolute Gasteiger partial charge is 0.416 e. The van der Waals surface area contributed by atoms with Gasteiger partial charge in [-0.3, -0.25) is 9.59 Å². The van der Waals surface area contributed by atoms with Crippen LogP contribution in [0.4, 0.5) is 13.2 Å². The minimum atomic E-state index is -4.37. The number of halogens is 3.